The Kier molecular flexibility index (Phi) is 4.46. The van der Waals surface area contributed by atoms with Crippen LogP contribution in [0.1, 0.15) is 5.76 Å². The van der Waals surface area contributed by atoms with E-state index in [0.29, 0.717) is 17.3 Å². The highest BCUT2D eigenvalue weighted by Crippen LogP contribution is 2.31. The van der Waals surface area contributed by atoms with Gasteiger partial charge in [-0.1, -0.05) is 12.1 Å². The molecule has 1 aliphatic rings. The van der Waals surface area contributed by atoms with Gasteiger partial charge in [-0.3, -0.25) is 4.79 Å². The van der Waals surface area contributed by atoms with Gasteiger partial charge in [0, 0.05) is 0 Å². The number of hydrogen-bond donors (Lipinski definition) is 1. The minimum atomic E-state index is -0.886. The topological polar surface area (TPSA) is 87.0 Å². The molecule has 7 heteroatoms. The molecule has 2 aromatic rings. The van der Waals surface area contributed by atoms with Crippen molar-refractivity contribution in [1.29, 1.82) is 0 Å². The summed E-state index contributed by atoms with van der Waals surface area (Å²) in [6.07, 6.45) is 0.627. The molecule has 2 heterocycles. The Morgan fingerprint density at radius 1 is 1.17 bits per heavy atom. The monoisotopic (exact) mass is 317 g/mol. The van der Waals surface area contributed by atoms with E-state index in [1.165, 1.54) is 6.26 Å². The number of furan rings is 1. The third kappa shape index (κ3) is 3.82. The summed E-state index contributed by atoms with van der Waals surface area (Å²) < 4.78 is 20.9. The van der Waals surface area contributed by atoms with E-state index in [-0.39, 0.29) is 19.8 Å². The molecule has 0 radical (unpaired) electrons. The first-order chi connectivity index (χ1) is 11.2. The summed E-state index contributed by atoms with van der Waals surface area (Å²) in [5.41, 5.74) is 0. The molecule has 1 aliphatic heterocycles. The number of nitrogens with one attached hydrogen (secondary N) is 1. The van der Waals surface area contributed by atoms with Crippen LogP contribution in [-0.4, -0.2) is 31.2 Å². The Bertz CT molecular complexity index is 682. The minimum absolute atomic E-state index is 0.0455. The molecule has 0 saturated carbocycles. The number of ether oxygens (including phenoxy) is 3. The van der Waals surface area contributed by atoms with E-state index in [1.807, 2.05) is 6.07 Å². The average Bonchev–Trinajstić information content (AvgIpc) is 3.11. The molecule has 3 rings (SSSR count). The van der Waals surface area contributed by atoms with Crippen molar-refractivity contribution >= 4 is 11.9 Å². The first kappa shape index (κ1) is 15.0. The largest absolute Gasteiger partial charge is 0.485 e. The molecular weight excluding hydrogens is 302 g/mol. The van der Waals surface area contributed by atoms with Gasteiger partial charge in [-0.2, -0.15) is 0 Å². The van der Waals surface area contributed by atoms with Gasteiger partial charge in [0.15, 0.2) is 18.1 Å². The number of hydrogen-bond acceptors (Lipinski definition) is 6. The number of fused-ring (bicyclic) bond motifs is 1. The molecule has 0 bridgehead atoms. The predicted octanol–water partition coefficient (Wildman–Crippen LogP) is 1.28. The lowest BCUT2D eigenvalue weighted by Crippen LogP contribution is -2.39. The molecule has 120 valence electrons. The number of carbonyl (C=O) groups excluding carboxylic acids is 2. The Morgan fingerprint density at radius 3 is 2.78 bits per heavy atom. The van der Waals surface area contributed by atoms with E-state index in [0.717, 1.165) is 0 Å². The highest BCUT2D eigenvalue weighted by Gasteiger charge is 2.29. The summed E-state index contributed by atoms with van der Waals surface area (Å²) in [4.78, 5) is 23.5. The summed E-state index contributed by atoms with van der Waals surface area (Å²) >= 11 is 0. The highest BCUT2D eigenvalue weighted by molar-refractivity contribution is 5.82. The number of rotatable bonds is 5. The second-order valence-electron chi connectivity index (χ2n) is 4.83. The van der Waals surface area contributed by atoms with E-state index in [9.17, 15) is 9.59 Å². The summed E-state index contributed by atoms with van der Waals surface area (Å²) in [6.45, 7) is -0.106. The Morgan fingerprint density at radius 2 is 2.00 bits per heavy atom. The van der Waals surface area contributed by atoms with Crippen LogP contribution in [0, 0.1) is 0 Å². The van der Waals surface area contributed by atoms with E-state index in [1.54, 1.807) is 30.3 Å². The lowest BCUT2D eigenvalue weighted by atomic mass is 10.2. The van der Waals surface area contributed by atoms with Crippen molar-refractivity contribution in [3.05, 3.63) is 48.4 Å². The lowest BCUT2D eigenvalue weighted by Gasteiger charge is -2.24. The zero-order valence-corrected chi connectivity index (χ0v) is 12.2. The van der Waals surface area contributed by atoms with Crippen molar-refractivity contribution in [2.75, 3.05) is 13.2 Å². The minimum Gasteiger partial charge on any atom is -0.485 e. The van der Waals surface area contributed by atoms with Gasteiger partial charge in [-0.05, 0) is 24.3 Å². The van der Waals surface area contributed by atoms with Gasteiger partial charge in [0.05, 0.1) is 12.8 Å². The second-order valence-corrected chi connectivity index (χ2v) is 4.83. The molecule has 1 amide bonds. The van der Waals surface area contributed by atoms with Crippen LogP contribution in [0.3, 0.4) is 0 Å². The predicted molar refractivity (Wildman–Crippen MR) is 77.9 cm³/mol. The van der Waals surface area contributed by atoms with E-state index in [4.69, 9.17) is 18.6 Å². The van der Waals surface area contributed by atoms with Crippen molar-refractivity contribution in [3.63, 3.8) is 0 Å². The molecule has 0 fully saturated rings. The number of amides is 1. The van der Waals surface area contributed by atoms with Crippen LogP contribution in [-0.2, 0) is 20.9 Å². The van der Waals surface area contributed by atoms with Crippen molar-refractivity contribution < 1.29 is 28.2 Å². The molecule has 1 atom stereocenters. The third-order valence-corrected chi connectivity index (χ3v) is 3.16. The Labute approximate surface area is 132 Å². The maximum absolute atomic E-state index is 11.9. The van der Waals surface area contributed by atoms with Crippen LogP contribution in [0.5, 0.6) is 11.5 Å². The van der Waals surface area contributed by atoms with Gasteiger partial charge in [-0.15, -0.1) is 0 Å². The third-order valence-electron chi connectivity index (χ3n) is 3.16. The summed E-state index contributed by atoms with van der Waals surface area (Å²) in [7, 11) is 0. The second kappa shape index (κ2) is 6.87. The van der Waals surface area contributed by atoms with E-state index < -0.39 is 18.0 Å². The first-order valence-electron chi connectivity index (χ1n) is 7.06. The molecule has 7 nitrogen and oxygen atoms in total. The van der Waals surface area contributed by atoms with Gasteiger partial charge in [0.25, 0.3) is 5.91 Å². The van der Waals surface area contributed by atoms with Gasteiger partial charge < -0.3 is 23.9 Å². The molecular formula is C16H15NO6. The van der Waals surface area contributed by atoms with Gasteiger partial charge >= 0.3 is 5.97 Å². The fourth-order valence-electron chi connectivity index (χ4n) is 2.02. The molecule has 1 aromatic heterocycles. The van der Waals surface area contributed by atoms with Crippen LogP contribution in [0.2, 0.25) is 0 Å². The van der Waals surface area contributed by atoms with Crippen LogP contribution >= 0.6 is 0 Å². The average molecular weight is 317 g/mol. The van der Waals surface area contributed by atoms with Crippen molar-refractivity contribution in [2.24, 2.45) is 0 Å². The molecule has 0 saturated heterocycles. The van der Waals surface area contributed by atoms with Crippen LogP contribution in [0.4, 0.5) is 0 Å². The van der Waals surface area contributed by atoms with E-state index in [2.05, 4.69) is 5.32 Å². The van der Waals surface area contributed by atoms with Crippen LogP contribution < -0.4 is 14.8 Å². The van der Waals surface area contributed by atoms with Crippen molar-refractivity contribution in [3.8, 4) is 11.5 Å². The Hall–Kier alpha value is -2.96. The van der Waals surface area contributed by atoms with Crippen LogP contribution in [0.25, 0.3) is 0 Å². The lowest BCUT2D eigenvalue weighted by molar-refractivity contribution is -0.157. The number of esters is 1. The van der Waals surface area contributed by atoms with Crippen LogP contribution in [0.15, 0.2) is 47.1 Å². The van der Waals surface area contributed by atoms with Gasteiger partial charge in [0.2, 0.25) is 6.10 Å². The van der Waals surface area contributed by atoms with Crippen molar-refractivity contribution in [2.45, 2.75) is 12.6 Å². The molecule has 23 heavy (non-hydrogen) atoms. The SMILES string of the molecule is O=C(COC(=O)[C@H]1COc2ccccc2O1)NCc1ccco1. The molecule has 1 aromatic carbocycles. The normalized spacial score (nSPS) is 15.7. The summed E-state index contributed by atoms with van der Waals surface area (Å²) in [6, 6.07) is 10.5. The molecule has 1 N–H and O–H groups in total. The molecule has 0 unspecified atom stereocenters. The smallest absolute Gasteiger partial charge is 0.351 e. The zero-order valence-electron chi connectivity index (χ0n) is 12.2. The quantitative estimate of drug-likeness (QED) is 0.836. The van der Waals surface area contributed by atoms with Gasteiger partial charge in [-0.25, -0.2) is 4.79 Å². The zero-order chi connectivity index (χ0) is 16.1. The maximum atomic E-state index is 11.9. The standard InChI is InChI=1S/C16H15NO6/c18-15(17-8-11-4-3-7-20-11)10-22-16(19)14-9-21-12-5-1-2-6-13(12)23-14/h1-7,14H,8-10H2,(H,17,18)/t14-/m1/s1. The van der Waals surface area contributed by atoms with Crippen molar-refractivity contribution in [1.82, 2.24) is 5.32 Å². The maximum Gasteiger partial charge on any atom is 0.351 e. The summed E-state index contributed by atoms with van der Waals surface area (Å²) in [5.74, 6) is 0.598. The highest BCUT2D eigenvalue weighted by atomic mass is 16.6. The molecule has 0 spiro atoms. The number of benzene rings is 1. The summed E-state index contributed by atoms with van der Waals surface area (Å²) in [5, 5.41) is 2.58. The van der Waals surface area contributed by atoms with E-state index >= 15 is 0 Å². The Balaban J connectivity index is 1.44. The number of carbonyl (C=O) groups is 2. The first-order valence-corrected chi connectivity index (χ1v) is 7.06. The fourth-order valence-corrected chi connectivity index (χ4v) is 2.02. The molecule has 0 aliphatic carbocycles. The van der Waals surface area contributed by atoms with Gasteiger partial charge in [0.1, 0.15) is 12.4 Å². The fraction of sp³-hybridized carbons (Fsp3) is 0.250. The number of para-hydroxylation sites is 2.